The number of rotatable bonds is 12. The van der Waals surface area contributed by atoms with Gasteiger partial charge in [0.2, 0.25) is 5.91 Å². The molecule has 0 saturated carbocycles. The van der Waals surface area contributed by atoms with E-state index < -0.39 is 5.60 Å². The van der Waals surface area contributed by atoms with Crippen LogP contribution in [-0.4, -0.2) is 35.9 Å². The summed E-state index contributed by atoms with van der Waals surface area (Å²) in [6.45, 7) is 9.34. The van der Waals surface area contributed by atoms with Gasteiger partial charge in [-0.1, -0.05) is 18.9 Å². The predicted molar refractivity (Wildman–Crippen MR) is 165 cm³/mol. The van der Waals surface area contributed by atoms with Gasteiger partial charge in [-0.05, 0) is 122 Å². The quantitative estimate of drug-likeness (QED) is 0.196. The zero-order valence-electron chi connectivity index (χ0n) is 24.0. The fraction of sp³-hybridized carbons (Fsp3) is 0.452. The van der Waals surface area contributed by atoms with Gasteiger partial charge in [-0.3, -0.25) is 19.7 Å². The molecule has 0 bridgehead atoms. The monoisotopic (exact) mass is 644 g/mol. The van der Waals surface area contributed by atoms with Crippen molar-refractivity contribution in [2.45, 2.75) is 78.2 Å². The van der Waals surface area contributed by atoms with Crippen molar-refractivity contribution in [2.75, 3.05) is 13.2 Å². The van der Waals surface area contributed by atoms with Crippen molar-refractivity contribution in [1.82, 2.24) is 5.32 Å². The molecule has 3 amide bonds. The molecule has 0 unspecified atom stereocenters. The van der Waals surface area contributed by atoms with E-state index in [9.17, 15) is 14.4 Å². The lowest BCUT2D eigenvalue weighted by Crippen LogP contribution is -2.42. The topological polar surface area (TPSA) is 117 Å². The van der Waals surface area contributed by atoms with Gasteiger partial charge in [0.05, 0.1) is 16.0 Å². The summed E-state index contributed by atoms with van der Waals surface area (Å²) in [5.41, 5.74) is 9.97. The Morgan fingerprint density at radius 2 is 1.88 bits per heavy atom. The second-order valence-electron chi connectivity index (χ2n) is 10.9. The van der Waals surface area contributed by atoms with Crippen molar-refractivity contribution in [3.8, 4) is 17.2 Å². The lowest BCUT2D eigenvalue weighted by molar-refractivity contribution is -0.118. The molecule has 0 radical (unpaired) electrons. The molecule has 1 saturated heterocycles. The van der Waals surface area contributed by atoms with Gasteiger partial charge >= 0.3 is 0 Å². The fourth-order valence-electron chi connectivity index (χ4n) is 5.06. The number of unbranched alkanes of at least 4 members (excludes halogenated alkanes) is 3. The number of amides is 3. The number of thioether (sulfide) groups is 1. The third-order valence-electron chi connectivity index (χ3n) is 7.56. The number of primary amides is 1. The van der Waals surface area contributed by atoms with E-state index in [0.29, 0.717) is 30.3 Å². The average molecular weight is 646 g/mol. The second kappa shape index (κ2) is 13.3. The highest BCUT2D eigenvalue weighted by molar-refractivity contribution is 9.10. The standard InChI is InChI=1S/C31H37BrN2O6S/c1-18-19(2)28-22(20(3)27(18)38-14-8-6-5-7-9-26(33)35)12-13-31(4,40-28)17-39-24-11-10-21(15-23(24)32)16-25-29(36)34-30(37)41-25/h10-11,15-16H,5-9,12-14,17H2,1-4H3,(H2,33,35)(H,34,36,37)/b25-16+/t31-/m0/s1. The minimum absolute atomic E-state index is 0.242. The van der Waals surface area contributed by atoms with Crippen molar-refractivity contribution in [3.05, 3.63) is 55.4 Å². The van der Waals surface area contributed by atoms with Crippen LogP contribution >= 0.6 is 27.7 Å². The molecule has 4 rings (SSSR count). The smallest absolute Gasteiger partial charge is 0.290 e. The van der Waals surface area contributed by atoms with Gasteiger partial charge in [0.25, 0.3) is 11.1 Å². The summed E-state index contributed by atoms with van der Waals surface area (Å²) >= 11 is 4.46. The van der Waals surface area contributed by atoms with Gasteiger partial charge in [-0.2, -0.15) is 0 Å². The van der Waals surface area contributed by atoms with E-state index in [4.69, 9.17) is 19.9 Å². The largest absolute Gasteiger partial charge is 0.493 e. The van der Waals surface area contributed by atoms with E-state index in [0.717, 1.165) is 88.5 Å². The van der Waals surface area contributed by atoms with Gasteiger partial charge < -0.3 is 19.9 Å². The summed E-state index contributed by atoms with van der Waals surface area (Å²) in [4.78, 5) is 34.5. The number of hydrogen-bond acceptors (Lipinski definition) is 7. The third kappa shape index (κ3) is 7.65. The Hall–Kier alpha value is -2.98. The van der Waals surface area contributed by atoms with Crippen molar-refractivity contribution in [1.29, 1.82) is 0 Å². The Morgan fingerprint density at radius 1 is 1.12 bits per heavy atom. The third-order valence-corrected chi connectivity index (χ3v) is 8.99. The van der Waals surface area contributed by atoms with E-state index in [2.05, 4.69) is 48.9 Å². The molecule has 2 heterocycles. The normalized spacial score (nSPS) is 19.1. The van der Waals surface area contributed by atoms with Crippen molar-refractivity contribution in [3.63, 3.8) is 0 Å². The first-order valence-electron chi connectivity index (χ1n) is 13.9. The van der Waals surface area contributed by atoms with E-state index in [-0.39, 0.29) is 17.1 Å². The molecule has 0 aromatic heterocycles. The Morgan fingerprint density at radius 3 is 2.56 bits per heavy atom. The molecule has 0 aliphatic carbocycles. The maximum Gasteiger partial charge on any atom is 0.290 e. The Balaban J connectivity index is 1.37. The Kier molecular flexibility index (Phi) is 10.1. The molecule has 1 atom stereocenters. The molecule has 0 spiro atoms. The number of hydrogen-bond donors (Lipinski definition) is 2. The molecule has 2 aromatic rings. The molecule has 41 heavy (non-hydrogen) atoms. The number of benzene rings is 2. The summed E-state index contributed by atoms with van der Waals surface area (Å²) in [6.07, 6.45) is 7.52. The number of imide groups is 1. The van der Waals surface area contributed by atoms with Gasteiger partial charge in [0, 0.05) is 12.0 Å². The van der Waals surface area contributed by atoms with E-state index >= 15 is 0 Å². The predicted octanol–water partition coefficient (Wildman–Crippen LogP) is 6.68. The van der Waals surface area contributed by atoms with Gasteiger partial charge in [-0.15, -0.1) is 0 Å². The van der Waals surface area contributed by atoms with Gasteiger partial charge in [-0.25, -0.2) is 0 Å². The summed E-state index contributed by atoms with van der Waals surface area (Å²) < 4.78 is 19.8. The first kappa shape index (κ1) is 31.0. The summed E-state index contributed by atoms with van der Waals surface area (Å²) in [7, 11) is 0. The first-order chi connectivity index (χ1) is 19.5. The highest BCUT2D eigenvalue weighted by atomic mass is 79.9. The summed E-state index contributed by atoms with van der Waals surface area (Å²) in [5.74, 6) is 1.91. The number of fused-ring (bicyclic) bond motifs is 1. The second-order valence-corrected chi connectivity index (χ2v) is 12.7. The Bertz CT molecular complexity index is 1390. The molecule has 2 aromatic carbocycles. The summed E-state index contributed by atoms with van der Waals surface area (Å²) in [6, 6.07) is 5.55. The van der Waals surface area contributed by atoms with Gasteiger partial charge in [0.1, 0.15) is 29.5 Å². The van der Waals surface area contributed by atoms with Crippen molar-refractivity contribution in [2.24, 2.45) is 5.73 Å². The van der Waals surface area contributed by atoms with Crippen LogP contribution < -0.4 is 25.3 Å². The van der Waals surface area contributed by atoms with Crippen LogP contribution in [0.15, 0.2) is 27.6 Å². The zero-order chi connectivity index (χ0) is 29.7. The molecule has 2 aliphatic heterocycles. The van der Waals surface area contributed by atoms with Crippen LogP contribution in [0.25, 0.3) is 6.08 Å². The van der Waals surface area contributed by atoms with Crippen LogP contribution in [0.5, 0.6) is 17.2 Å². The number of nitrogens with one attached hydrogen (secondary N) is 1. The maximum absolute atomic E-state index is 11.8. The van der Waals surface area contributed by atoms with Crippen LogP contribution in [0.1, 0.15) is 73.3 Å². The number of carbonyl (C=O) groups is 3. The lowest BCUT2D eigenvalue weighted by Gasteiger charge is -2.38. The first-order valence-corrected chi connectivity index (χ1v) is 15.5. The van der Waals surface area contributed by atoms with Crippen LogP contribution in [0.4, 0.5) is 4.79 Å². The van der Waals surface area contributed by atoms with Crippen molar-refractivity contribution >= 4 is 50.8 Å². The minimum Gasteiger partial charge on any atom is -0.493 e. The van der Waals surface area contributed by atoms with Crippen LogP contribution in [-0.2, 0) is 16.0 Å². The molecule has 10 heteroatoms. The number of ether oxygens (including phenoxy) is 3. The highest BCUT2D eigenvalue weighted by Crippen LogP contribution is 2.44. The van der Waals surface area contributed by atoms with Gasteiger partial charge in [0.15, 0.2) is 0 Å². The van der Waals surface area contributed by atoms with E-state index in [1.807, 2.05) is 18.2 Å². The molecular formula is C31H37BrN2O6S. The van der Waals surface area contributed by atoms with E-state index in [1.165, 1.54) is 5.56 Å². The van der Waals surface area contributed by atoms with Crippen LogP contribution in [0, 0.1) is 20.8 Å². The number of nitrogens with two attached hydrogens (primary N) is 1. The van der Waals surface area contributed by atoms with Crippen molar-refractivity contribution < 1.29 is 28.6 Å². The molecule has 2 aliphatic rings. The lowest BCUT2D eigenvalue weighted by atomic mass is 9.87. The molecular weight excluding hydrogens is 608 g/mol. The minimum atomic E-state index is -0.511. The molecule has 3 N–H and O–H groups in total. The number of carbonyl (C=O) groups excluding carboxylic acids is 3. The average Bonchev–Trinajstić information content (AvgIpc) is 3.23. The van der Waals surface area contributed by atoms with E-state index in [1.54, 1.807) is 6.08 Å². The van der Waals surface area contributed by atoms with Crippen LogP contribution in [0.3, 0.4) is 0 Å². The number of halogens is 1. The highest BCUT2D eigenvalue weighted by Gasteiger charge is 2.36. The molecule has 8 nitrogen and oxygen atoms in total. The Labute approximate surface area is 253 Å². The maximum atomic E-state index is 11.8. The molecule has 220 valence electrons. The van der Waals surface area contributed by atoms with Crippen LogP contribution in [0.2, 0.25) is 0 Å². The summed E-state index contributed by atoms with van der Waals surface area (Å²) in [5, 5.41) is 1.90. The SMILES string of the molecule is Cc1c(C)c2c(c(C)c1OCCCCCCC(N)=O)CC[C@@](C)(COc1ccc(/C=C3/SC(=O)NC3=O)cc1Br)O2. The fourth-order valence-corrected chi connectivity index (χ4v) is 6.25. The molecule has 1 fully saturated rings. The zero-order valence-corrected chi connectivity index (χ0v) is 26.4.